The van der Waals surface area contributed by atoms with Crippen LogP contribution in [0.5, 0.6) is 5.75 Å². The van der Waals surface area contributed by atoms with Gasteiger partial charge in [-0.05, 0) is 35.4 Å². The summed E-state index contributed by atoms with van der Waals surface area (Å²) in [4.78, 5) is 22.9. The van der Waals surface area contributed by atoms with E-state index in [1.807, 2.05) is 48.5 Å². The molecule has 0 saturated heterocycles. The summed E-state index contributed by atoms with van der Waals surface area (Å²) in [6.07, 6.45) is 0.307. The van der Waals surface area contributed by atoms with Gasteiger partial charge in [0.1, 0.15) is 5.75 Å². The summed E-state index contributed by atoms with van der Waals surface area (Å²) in [5, 5.41) is 5.58. The molecule has 2 amide bonds. The number of rotatable bonds is 6. The molecular weight excluding hydrogens is 292 g/mol. The number of hydrogen-bond acceptors (Lipinski definition) is 3. The van der Waals surface area contributed by atoms with Gasteiger partial charge >= 0.3 is 0 Å². The molecule has 5 nitrogen and oxygen atoms in total. The summed E-state index contributed by atoms with van der Waals surface area (Å²) >= 11 is 0. The Kier molecular flexibility index (Phi) is 5.74. The van der Waals surface area contributed by atoms with Gasteiger partial charge in [0.15, 0.2) is 0 Å². The van der Waals surface area contributed by atoms with Gasteiger partial charge in [0, 0.05) is 19.2 Å². The van der Waals surface area contributed by atoms with Crippen LogP contribution >= 0.6 is 0 Å². The molecule has 0 bridgehead atoms. The molecule has 23 heavy (non-hydrogen) atoms. The Hall–Kier alpha value is -2.82. The average molecular weight is 312 g/mol. The molecule has 2 rings (SSSR count). The van der Waals surface area contributed by atoms with Crippen molar-refractivity contribution in [2.75, 3.05) is 12.4 Å². The maximum Gasteiger partial charge on any atom is 0.224 e. The Labute approximate surface area is 135 Å². The lowest BCUT2D eigenvalue weighted by Crippen LogP contribution is -2.24. The van der Waals surface area contributed by atoms with Crippen LogP contribution in [-0.4, -0.2) is 18.9 Å². The topological polar surface area (TPSA) is 67.4 Å². The molecule has 0 radical (unpaired) electrons. The summed E-state index contributed by atoms with van der Waals surface area (Å²) in [6, 6.07) is 14.8. The van der Waals surface area contributed by atoms with Gasteiger partial charge in [-0.1, -0.05) is 24.3 Å². The van der Waals surface area contributed by atoms with Crippen LogP contribution in [0.25, 0.3) is 0 Å². The largest absolute Gasteiger partial charge is 0.497 e. The minimum absolute atomic E-state index is 0.0517. The van der Waals surface area contributed by atoms with E-state index in [-0.39, 0.29) is 11.8 Å². The van der Waals surface area contributed by atoms with Crippen molar-refractivity contribution >= 4 is 17.5 Å². The lowest BCUT2D eigenvalue weighted by atomic mass is 10.1. The fourth-order valence-electron chi connectivity index (χ4n) is 2.14. The zero-order chi connectivity index (χ0) is 16.7. The molecule has 0 aromatic heterocycles. The first-order chi connectivity index (χ1) is 11.1. The molecule has 0 unspecified atom stereocenters. The number of methoxy groups -OCH3 is 1. The van der Waals surface area contributed by atoms with Gasteiger partial charge in [-0.2, -0.15) is 0 Å². The maximum atomic E-state index is 12.0. The Morgan fingerprint density at radius 2 is 1.78 bits per heavy atom. The third kappa shape index (κ3) is 5.47. The molecule has 0 fully saturated rings. The number of hydrogen-bond donors (Lipinski definition) is 2. The predicted molar refractivity (Wildman–Crippen MR) is 89.3 cm³/mol. The Morgan fingerprint density at radius 1 is 1.04 bits per heavy atom. The van der Waals surface area contributed by atoms with E-state index in [1.54, 1.807) is 7.11 Å². The van der Waals surface area contributed by atoms with Crippen molar-refractivity contribution in [3.05, 3.63) is 59.7 Å². The zero-order valence-electron chi connectivity index (χ0n) is 13.3. The van der Waals surface area contributed by atoms with Crippen molar-refractivity contribution in [3.63, 3.8) is 0 Å². The molecular formula is C18H20N2O3. The summed E-state index contributed by atoms with van der Waals surface area (Å²) < 4.78 is 5.14. The average Bonchev–Trinajstić information content (AvgIpc) is 2.54. The quantitative estimate of drug-likeness (QED) is 0.861. The molecule has 0 aliphatic heterocycles. The van der Waals surface area contributed by atoms with Crippen molar-refractivity contribution < 1.29 is 14.3 Å². The van der Waals surface area contributed by atoms with Crippen molar-refractivity contribution in [2.24, 2.45) is 0 Å². The highest BCUT2D eigenvalue weighted by atomic mass is 16.5. The van der Waals surface area contributed by atoms with Crippen LogP contribution in [0.4, 0.5) is 5.69 Å². The molecule has 0 atom stereocenters. The number of anilines is 1. The van der Waals surface area contributed by atoms with Gasteiger partial charge in [0.2, 0.25) is 11.8 Å². The Bertz CT molecular complexity index is 681. The molecule has 2 aromatic carbocycles. The van der Waals surface area contributed by atoms with Gasteiger partial charge in [0.05, 0.1) is 13.5 Å². The molecule has 0 heterocycles. The number of amides is 2. The molecule has 2 N–H and O–H groups in total. The van der Waals surface area contributed by atoms with Gasteiger partial charge in [-0.3, -0.25) is 9.59 Å². The Morgan fingerprint density at radius 3 is 2.43 bits per heavy atom. The van der Waals surface area contributed by atoms with E-state index < -0.39 is 0 Å². The van der Waals surface area contributed by atoms with E-state index in [2.05, 4.69) is 10.6 Å². The van der Waals surface area contributed by atoms with E-state index in [4.69, 9.17) is 4.74 Å². The Balaban J connectivity index is 1.85. The van der Waals surface area contributed by atoms with E-state index >= 15 is 0 Å². The second-order valence-corrected chi connectivity index (χ2v) is 5.18. The third-order valence-electron chi connectivity index (χ3n) is 3.26. The highest BCUT2D eigenvalue weighted by Crippen LogP contribution is 2.13. The van der Waals surface area contributed by atoms with E-state index in [0.29, 0.717) is 13.0 Å². The first-order valence-electron chi connectivity index (χ1n) is 7.33. The van der Waals surface area contributed by atoms with Crippen LogP contribution in [-0.2, 0) is 22.6 Å². The van der Waals surface area contributed by atoms with Crippen LogP contribution in [0.1, 0.15) is 18.1 Å². The standard InChI is InChI=1S/C18H20N2O3/c1-13(21)20-16-8-6-14(7-9-16)12-19-18(22)11-15-4-3-5-17(10-15)23-2/h3-10H,11-12H2,1-2H3,(H,19,22)(H,20,21). The number of carbonyl (C=O) groups excluding carboxylic acids is 2. The lowest BCUT2D eigenvalue weighted by molar-refractivity contribution is -0.120. The van der Waals surface area contributed by atoms with E-state index in [9.17, 15) is 9.59 Å². The van der Waals surface area contributed by atoms with Crippen molar-refractivity contribution in [3.8, 4) is 5.75 Å². The third-order valence-corrected chi connectivity index (χ3v) is 3.26. The van der Waals surface area contributed by atoms with Gasteiger partial charge in [-0.15, -0.1) is 0 Å². The first kappa shape index (κ1) is 16.5. The molecule has 0 aliphatic carbocycles. The summed E-state index contributed by atoms with van der Waals surface area (Å²) in [7, 11) is 1.60. The predicted octanol–water partition coefficient (Wildman–Crippen LogP) is 2.51. The number of ether oxygens (including phenoxy) is 1. The fourth-order valence-corrected chi connectivity index (χ4v) is 2.14. The number of benzene rings is 2. The first-order valence-corrected chi connectivity index (χ1v) is 7.33. The zero-order valence-corrected chi connectivity index (χ0v) is 13.3. The van der Waals surface area contributed by atoms with Crippen molar-refractivity contribution in [1.82, 2.24) is 5.32 Å². The molecule has 2 aromatic rings. The normalized spacial score (nSPS) is 10.0. The summed E-state index contributed by atoms with van der Waals surface area (Å²) in [5.41, 5.74) is 2.62. The minimum Gasteiger partial charge on any atom is -0.497 e. The van der Waals surface area contributed by atoms with Gasteiger partial charge in [-0.25, -0.2) is 0 Å². The second-order valence-electron chi connectivity index (χ2n) is 5.18. The molecule has 0 aliphatic rings. The van der Waals surface area contributed by atoms with Gasteiger partial charge < -0.3 is 15.4 Å². The van der Waals surface area contributed by atoms with Crippen LogP contribution in [0, 0.1) is 0 Å². The summed E-state index contributed by atoms with van der Waals surface area (Å²) in [5.74, 6) is 0.581. The summed E-state index contributed by atoms with van der Waals surface area (Å²) in [6.45, 7) is 1.91. The molecule has 120 valence electrons. The van der Waals surface area contributed by atoms with Crippen LogP contribution in [0.15, 0.2) is 48.5 Å². The minimum atomic E-state index is -0.107. The van der Waals surface area contributed by atoms with E-state index in [1.165, 1.54) is 6.92 Å². The molecule has 0 saturated carbocycles. The monoisotopic (exact) mass is 312 g/mol. The highest BCUT2D eigenvalue weighted by molar-refractivity contribution is 5.88. The number of carbonyl (C=O) groups is 2. The molecule has 5 heteroatoms. The van der Waals surface area contributed by atoms with Gasteiger partial charge in [0.25, 0.3) is 0 Å². The smallest absolute Gasteiger partial charge is 0.224 e. The SMILES string of the molecule is COc1cccc(CC(=O)NCc2ccc(NC(C)=O)cc2)c1. The van der Waals surface area contributed by atoms with Crippen molar-refractivity contribution in [1.29, 1.82) is 0 Å². The second kappa shape index (κ2) is 7.98. The van der Waals surface area contributed by atoms with E-state index in [0.717, 1.165) is 22.6 Å². The van der Waals surface area contributed by atoms with Crippen LogP contribution < -0.4 is 15.4 Å². The van der Waals surface area contributed by atoms with Crippen molar-refractivity contribution in [2.45, 2.75) is 19.9 Å². The van der Waals surface area contributed by atoms with Crippen LogP contribution in [0.2, 0.25) is 0 Å². The lowest BCUT2D eigenvalue weighted by Gasteiger charge is -2.08. The highest BCUT2D eigenvalue weighted by Gasteiger charge is 2.05. The molecule has 0 spiro atoms. The van der Waals surface area contributed by atoms with Crippen LogP contribution in [0.3, 0.4) is 0 Å². The fraction of sp³-hybridized carbons (Fsp3) is 0.222. The number of nitrogens with one attached hydrogen (secondary N) is 2. The maximum absolute atomic E-state index is 12.0.